The van der Waals surface area contributed by atoms with Gasteiger partial charge >= 0.3 is 0 Å². The molecule has 1 aromatic rings. The molecule has 0 N–H and O–H groups in total. The van der Waals surface area contributed by atoms with Crippen molar-refractivity contribution in [3.63, 3.8) is 0 Å². The molecule has 1 saturated heterocycles. The zero-order valence-corrected chi connectivity index (χ0v) is 15.8. The van der Waals surface area contributed by atoms with Crippen molar-refractivity contribution < 1.29 is 9.59 Å². The van der Waals surface area contributed by atoms with Gasteiger partial charge in [-0.1, -0.05) is 24.3 Å². The maximum absolute atomic E-state index is 12.9. The van der Waals surface area contributed by atoms with Crippen LogP contribution in [0.4, 0.5) is 5.69 Å². The van der Waals surface area contributed by atoms with Crippen molar-refractivity contribution in [3.8, 4) is 0 Å². The van der Waals surface area contributed by atoms with E-state index in [1.165, 1.54) is 12.1 Å². The van der Waals surface area contributed by atoms with Gasteiger partial charge < -0.3 is 4.90 Å². The number of benzene rings is 1. The number of allylic oxidation sites excluding steroid dienone is 2. The van der Waals surface area contributed by atoms with Crippen LogP contribution < -0.4 is 4.90 Å². The topological polar surface area (TPSA) is 53.0 Å². The van der Waals surface area contributed by atoms with Crippen molar-refractivity contribution in [2.24, 2.45) is 40.6 Å². The Morgan fingerprint density at radius 2 is 1.56 bits per heavy atom. The highest BCUT2D eigenvalue weighted by atomic mass is 16.2. The van der Waals surface area contributed by atoms with Crippen LogP contribution in [0.2, 0.25) is 0 Å². The van der Waals surface area contributed by atoms with E-state index < -0.39 is 0 Å². The van der Waals surface area contributed by atoms with Gasteiger partial charge in [0.25, 0.3) is 11.8 Å². The summed E-state index contributed by atoms with van der Waals surface area (Å²) in [7, 11) is 0. The second-order valence-electron chi connectivity index (χ2n) is 8.15. The van der Waals surface area contributed by atoms with E-state index in [0.29, 0.717) is 11.8 Å². The lowest BCUT2D eigenvalue weighted by atomic mass is 9.63. The smallest absolute Gasteiger partial charge is 0.254 e. The SMILES string of the molecule is CCN(CC)c1ccc(C=NN2C(=O)[C@@H]3[C@H]4C=C[C@@H]([C@@H]5C[C@H]45)[C@H]3C2=O)cc1. The Morgan fingerprint density at radius 1 is 1.00 bits per heavy atom. The van der Waals surface area contributed by atoms with Gasteiger partial charge in [0, 0.05) is 18.8 Å². The van der Waals surface area contributed by atoms with E-state index in [1.807, 2.05) is 12.1 Å². The second kappa shape index (κ2) is 6.04. The lowest BCUT2D eigenvalue weighted by molar-refractivity contribution is -0.140. The zero-order valence-electron chi connectivity index (χ0n) is 15.8. The largest absolute Gasteiger partial charge is 0.372 e. The maximum Gasteiger partial charge on any atom is 0.254 e. The molecule has 1 heterocycles. The van der Waals surface area contributed by atoms with Crippen LogP contribution in [0.3, 0.4) is 0 Å². The first-order valence-corrected chi connectivity index (χ1v) is 10.1. The van der Waals surface area contributed by atoms with Crippen LogP contribution >= 0.6 is 0 Å². The van der Waals surface area contributed by atoms with E-state index in [-0.39, 0.29) is 35.5 Å². The third-order valence-corrected chi connectivity index (χ3v) is 6.98. The van der Waals surface area contributed by atoms with Gasteiger partial charge in [0.15, 0.2) is 0 Å². The number of imide groups is 1. The monoisotopic (exact) mass is 363 g/mol. The Hall–Kier alpha value is -2.43. The van der Waals surface area contributed by atoms with E-state index in [2.05, 4.69) is 48.1 Å². The Labute approximate surface area is 159 Å². The summed E-state index contributed by atoms with van der Waals surface area (Å²) >= 11 is 0. The minimum Gasteiger partial charge on any atom is -0.372 e. The number of carbonyl (C=O) groups is 2. The highest BCUT2D eigenvalue weighted by Gasteiger charge is 2.67. The van der Waals surface area contributed by atoms with Crippen molar-refractivity contribution in [1.29, 1.82) is 0 Å². The number of nitrogens with zero attached hydrogens (tertiary/aromatic N) is 3. The molecule has 1 aliphatic heterocycles. The molecule has 140 valence electrons. The van der Waals surface area contributed by atoms with Crippen LogP contribution in [0, 0.1) is 35.5 Å². The molecule has 5 nitrogen and oxygen atoms in total. The molecule has 3 fully saturated rings. The molecule has 1 aromatic carbocycles. The summed E-state index contributed by atoms with van der Waals surface area (Å²) in [6.07, 6.45) is 7.18. The lowest BCUT2D eigenvalue weighted by Gasteiger charge is -2.37. The fourth-order valence-electron chi connectivity index (χ4n) is 5.54. The van der Waals surface area contributed by atoms with Crippen LogP contribution in [0.1, 0.15) is 25.8 Å². The molecular weight excluding hydrogens is 338 g/mol. The molecule has 0 spiro atoms. The molecular formula is C22H25N3O2. The van der Waals surface area contributed by atoms with Gasteiger partial charge in [-0.25, -0.2) is 0 Å². The predicted octanol–water partition coefficient (Wildman–Crippen LogP) is 2.92. The number of rotatable bonds is 5. The van der Waals surface area contributed by atoms with E-state index >= 15 is 0 Å². The molecule has 2 amide bonds. The summed E-state index contributed by atoms with van der Waals surface area (Å²) in [5, 5.41) is 5.44. The standard InChI is InChI=1S/C22H25N3O2/c1-3-24(4-2)14-7-5-13(6-8-14)12-23-25-21(26)19-15-9-10-16(18-11-17(15)18)20(19)22(25)27/h5-10,12,15-20H,3-4,11H2,1-2H3/t15-,16-,17-,18+,19+,20+/m0/s1. The second-order valence-corrected chi connectivity index (χ2v) is 8.15. The Balaban J connectivity index is 1.34. The van der Waals surface area contributed by atoms with Crippen molar-refractivity contribution in [3.05, 3.63) is 42.0 Å². The Morgan fingerprint density at radius 3 is 2.07 bits per heavy atom. The molecule has 2 saturated carbocycles. The van der Waals surface area contributed by atoms with Crippen LogP contribution in [-0.2, 0) is 9.59 Å². The van der Waals surface area contributed by atoms with Gasteiger partial charge in [0.05, 0.1) is 18.1 Å². The first kappa shape index (κ1) is 16.7. The molecule has 5 aliphatic rings. The number of anilines is 1. The van der Waals surface area contributed by atoms with Crippen molar-refractivity contribution in [1.82, 2.24) is 5.01 Å². The number of hydrazone groups is 1. The summed E-state index contributed by atoms with van der Waals surface area (Å²) in [4.78, 5) is 28.1. The number of hydrogen-bond acceptors (Lipinski definition) is 4. The Kier molecular flexibility index (Phi) is 3.74. The average molecular weight is 363 g/mol. The van der Waals surface area contributed by atoms with Gasteiger partial charge in [0.1, 0.15) is 0 Å². The fraction of sp³-hybridized carbons (Fsp3) is 0.500. The van der Waals surface area contributed by atoms with Crippen LogP contribution in [0.5, 0.6) is 0 Å². The molecule has 0 aromatic heterocycles. The molecule has 0 radical (unpaired) electrons. The highest BCUT2D eigenvalue weighted by Crippen LogP contribution is 2.65. The summed E-state index contributed by atoms with van der Waals surface area (Å²) in [5.41, 5.74) is 2.06. The first-order valence-electron chi connectivity index (χ1n) is 10.1. The van der Waals surface area contributed by atoms with E-state index in [1.54, 1.807) is 6.21 Å². The minimum atomic E-state index is -0.182. The van der Waals surface area contributed by atoms with Gasteiger partial charge in [-0.3, -0.25) is 9.59 Å². The summed E-state index contributed by atoms with van der Waals surface area (Å²) < 4.78 is 0. The van der Waals surface area contributed by atoms with E-state index in [0.717, 1.165) is 23.7 Å². The first-order chi connectivity index (χ1) is 13.1. The number of hydrogen-bond donors (Lipinski definition) is 0. The molecule has 2 bridgehead atoms. The molecule has 0 unspecified atom stereocenters. The quantitative estimate of drug-likeness (QED) is 0.459. The molecule has 4 aliphatic carbocycles. The van der Waals surface area contributed by atoms with Gasteiger partial charge in [-0.2, -0.15) is 10.1 Å². The Bertz CT molecular complexity index is 804. The van der Waals surface area contributed by atoms with Crippen molar-refractivity contribution in [2.45, 2.75) is 20.3 Å². The molecule has 6 atom stereocenters. The minimum absolute atomic E-state index is 0.106. The summed E-state index contributed by atoms with van der Waals surface area (Å²) in [5.74, 6) is 1.16. The van der Waals surface area contributed by atoms with Gasteiger partial charge in [-0.15, -0.1) is 0 Å². The molecule has 5 heteroatoms. The normalized spacial score (nSPS) is 35.7. The number of amides is 2. The van der Waals surface area contributed by atoms with Crippen molar-refractivity contribution >= 4 is 23.7 Å². The summed E-state index contributed by atoms with van der Waals surface area (Å²) in [6, 6.07) is 8.07. The molecule has 27 heavy (non-hydrogen) atoms. The fourth-order valence-corrected chi connectivity index (χ4v) is 5.54. The van der Waals surface area contributed by atoms with Gasteiger partial charge in [0.2, 0.25) is 0 Å². The van der Waals surface area contributed by atoms with E-state index in [9.17, 15) is 9.59 Å². The highest BCUT2D eigenvalue weighted by molar-refractivity contribution is 6.06. The van der Waals surface area contributed by atoms with Crippen LogP contribution in [0.25, 0.3) is 0 Å². The predicted molar refractivity (Wildman–Crippen MR) is 104 cm³/mol. The average Bonchev–Trinajstić information content (AvgIpc) is 3.47. The van der Waals surface area contributed by atoms with Gasteiger partial charge in [-0.05, 0) is 61.6 Å². The molecule has 6 rings (SSSR count). The lowest BCUT2D eigenvalue weighted by Crippen LogP contribution is -2.40. The zero-order chi connectivity index (χ0) is 18.7. The van der Waals surface area contributed by atoms with E-state index in [4.69, 9.17) is 0 Å². The van der Waals surface area contributed by atoms with Crippen LogP contribution in [0.15, 0.2) is 41.5 Å². The third-order valence-electron chi connectivity index (χ3n) is 6.98. The van der Waals surface area contributed by atoms with Crippen molar-refractivity contribution in [2.75, 3.05) is 18.0 Å². The maximum atomic E-state index is 12.9. The number of carbonyl (C=O) groups excluding carboxylic acids is 2. The summed E-state index contributed by atoms with van der Waals surface area (Å²) in [6.45, 7) is 6.19. The van der Waals surface area contributed by atoms with Crippen LogP contribution in [-0.4, -0.2) is 36.1 Å². The third kappa shape index (κ3) is 2.40.